The van der Waals surface area contributed by atoms with Crippen LogP contribution < -0.4 is 10.1 Å². The van der Waals surface area contributed by atoms with E-state index < -0.39 is 0 Å². The second-order valence-electron chi connectivity index (χ2n) is 9.23. The number of ether oxygens (including phenoxy) is 1. The number of hydrogen-bond donors (Lipinski definition) is 2. The maximum absolute atomic E-state index is 12.9. The molecule has 1 aliphatic carbocycles. The molecule has 182 valence electrons. The first-order valence-corrected chi connectivity index (χ1v) is 12.1. The quantitative estimate of drug-likeness (QED) is 0.373. The Hall–Kier alpha value is -3.65. The number of piperidine rings is 1. The molecule has 3 aromatic rings. The first-order valence-electron chi connectivity index (χ1n) is 11.7. The Bertz CT molecular complexity index is 1320. The number of allylic oxidation sites excluding steroid dienone is 1. The smallest absolute Gasteiger partial charge is 0.264 e. The number of aromatic nitrogens is 6. The van der Waals surface area contributed by atoms with E-state index in [1.54, 1.807) is 17.2 Å². The third-order valence-electron chi connectivity index (χ3n) is 5.92. The molecule has 3 aromatic heterocycles. The number of amides is 1. The minimum Gasteiger partial charge on any atom is -0.472 e. The first kappa shape index (κ1) is 23.1. The summed E-state index contributed by atoms with van der Waals surface area (Å²) in [7, 11) is 0. The zero-order chi connectivity index (χ0) is 24.5. The summed E-state index contributed by atoms with van der Waals surface area (Å²) in [5.41, 5.74) is 1.36. The van der Waals surface area contributed by atoms with E-state index in [9.17, 15) is 10.1 Å². The lowest BCUT2D eigenvalue weighted by molar-refractivity contribution is -0.129. The molecular formula is C23H26ClN9O2. The molecule has 2 aliphatic rings. The van der Waals surface area contributed by atoms with Gasteiger partial charge in [0, 0.05) is 12.7 Å². The van der Waals surface area contributed by atoms with Crippen LogP contribution in [0.2, 0.25) is 5.15 Å². The number of rotatable bonds is 7. The van der Waals surface area contributed by atoms with Crippen molar-refractivity contribution in [1.29, 1.82) is 5.26 Å². The predicted octanol–water partition coefficient (Wildman–Crippen LogP) is 3.76. The number of likely N-dealkylation sites (tertiary alicyclic amines) is 1. The van der Waals surface area contributed by atoms with E-state index in [-0.39, 0.29) is 34.5 Å². The number of H-pyrrole nitrogens is 1. The Labute approximate surface area is 207 Å². The molecule has 2 N–H and O–H groups in total. The van der Waals surface area contributed by atoms with Gasteiger partial charge in [-0.15, -0.1) is 0 Å². The lowest BCUT2D eigenvalue weighted by Crippen LogP contribution is -2.45. The van der Waals surface area contributed by atoms with Crippen LogP contribution in [0.25, 0.3) is 11.0 Å². The zero-order valence-corrected chi connectivity index (χ0v) is 20.3. The molecule has 0 radical (unpaired) electrons. The first-order chi connectivity index (χ1) is 16.9. The van der Waals surface area contributed by atoms with Gasteiger partial charge < -0.3 is 15.0 Å². The van der Waals surface area contributed by atoms with E-state index in [0.717, 1.165) is 31.4 Å². The lowest BCUT2D eigenvalue weighted by Gasteiger charge is -2.32. The largest absolute Gasteiger partial charge is 0.472 e. The monoisotopic (exact) mass is 495 g/mol. The number of nitriles is 1. The van der Waals surface area contributed by atoms with Gasteiger partial charge in [-0.25, -0.2) is 0 Å². The van der Waals surface area contributed by atoms with Crippen LogP contribution in [0.3, 0.4) is 0 Å². The summed E-state index contributed by atoms with van der Waals surface area (Å²) >= 11 is 6.30. The molecule has 2 fully saturated rings. The predicted molar refractivity (Wildman–Crippen MR) is 129 cm³/mol. The van der Waals surface area contributed by atoms with Crippen LogP contribution in [0.15, 0.2) is 24.0 Å². The van der Waals surface area contributed by atoms with Gasteiger partial charge in [-0.3, -0.25) is 14.6 Å². The fourth-order valence-corrected chi connectivity index (χ4v) is 4.33. The molecule has 1 saturated heterocycles. The Kier molecular flexibility index (Phi) is 6.30. The van der Waals surface area contributed by atoms with Gasteiger partial charge >= 0.3 is 0 Å². The molecule has 1 aliphatic heterocycles. The standard InChI is InChI=1S/C23H26ClN9O2/c1-13(2)8-14(9-25)22(34)32-7-3-4-17(12-32)35-21-18-19(24)30-31-20(18)28-23(29-21)27-15-10-26-33(11-15)16-5-6-16/h8,10-11,13,16-17H,3-7,12H2,1-2H3,(H2,27,28,29,30,31)/b14-8+/t17-/m1/s1. The average Bonchev–Trinajstić information content (AvgIpc) is 3.48. The van der Waals surface area contributed by atoms with Crippen molar-refractivity contribution in [2.24, 2.45) is 5.92 Å². The van der Waals surface area contributed by atoms with Gasteiger partial charge in [0.25, 0.3) is 5.91 Å². The maximum atomic E-state index is 12.9. The van der Waals surface area contributed by atoms with Crippen molar-refractivity contribution >= 4 is 40.2 Å². The summed E-state index contributed by atoms with van der Waals surface area (Å²) in [6.45, 7) is 4.78. The molecule has 0 unspecified atom stereocenters. The van der Waals surface area contributed by atoms with E-state index in [1.807, 2.05) is 30.8 Å². The average molecular weight is 496 g/mol. The fraction of sp³-hybridized carbons (Fsp3) is 0.478. The molecule has 1 atom stereocenters. The van der Waals surface area contributed by atoms with E-state index in [1.165, 1.54) is 0 Å². The Morgan fingerprint density at radius 1 is 1.37 bits per heavy atom. The summed E-state index contributed by atoms with van der Waals surface area (Å²) in [5.74, 6) is 0.422. The molecule has 4 heterocycles. The highest BCUT2D eigenvalue weighted by Gasteiger charge is 2.29. The number of carbonyl (C=O) groups excluding carboxylic acids is 1. The van der Waals surface area contributed by atoms with Gasteiger partial charge in [-0.1, -0.05) is 31.5 Å². The number of hydrogen-bond acceptors (Lipinski definition) is 8. The second-order valence-corrected chi connectivity index (χ2v) is 9.58. The topological polar surface area (TPSA) is 138 Å². The fourth-order valence-electron chi connectivity index (χ4n) is 4.11. The Morgan fingerprint density at radius 2 is 2.20 bits per heavy atom. The van der Waals surface area contributed by atoms with Crippen molar-refractivity contribution in [2.45, 2.75) is 51.7 Å². The van der Waals surface area contributed by atoms with E-state index in [0.29, 0.717) is 36.1 Å². The van der Waals surface area contributed by atoms with Gasteiger partial charge in [-0.05, 0) is 31.6 Å². The van der Waals surface area contributed by atoms with Gasteiger partial charge in [0.1, 0.15) is 23.1 Å². The SMILES string of the molecule is CC(C)/C=C(\C#N)C(=O)N1CCC[C@@H](Oc2nc(Nc3cnn(C4CC4)c3)nc3[nH]nc(Cl)c23)C1. The van der Waals surface area contributed by atoms with Crippen molar-refractivity contribution in [3.05, 3.63) is 29.2 Å². The van der Waals surface area contributed by atoms with Crippen LogP contribution >= 0.6 is 11.6 Å². The molecule has 11 nitrogen and oxygen atoms in total. The minimum atomic E-state index is -0.318. The van der Waals surface area contributed by atoms with Crippen molar-refractivity contribution in [2.75, 3.05) is 18.4 Å². The van der Waals surface area contributed by atoms with E-state index >= 15 is 0 Å². The lowest BCUT2D eigenvalue weighted by atomic mass is 10.0. The van der Waals surface area contributed by atoms with Crippen molar-refractivity contribution < 1.29 is 9.53 Å². The summed E-state index contributed by atoms with van der Waals surface area (Å²) in [6, 6.07) is 2.50. The van der Waals surface area contributed by atoms with E-state index in [2.05, 4.69) is 30.6 Å². The van der Waals surface area contributed by atoms with Crippen LogP contribution in [-0.4, -0.2) is 59.9 Å². The molecule has 12 heteroatoms. The Morgan fingerprint density at radius 3 is 2.94 bits per heavy atom. The molecule has 0 bridgehead atoms. The van der Waals surface area contributed by atoms with Gasteiger partial charge in [0.15, 0.2) is 10.8 Å². The van der Waals surface area contributed by atoms with Crippen LogP contribution in [-0.2, 0) is 4.79 Å². The third-order valence-corrected chi connectivity index (χ3v) is 6.19. The molecule has 35 heavy (non-hydrogen) atoms. The maximum Gasteiger partial charge on any atom is 0.264 e. The van der Waals surface area contributed by atoms with Crippen LogP contribution in [0.5, 0.6) is 5.88 Å². The summed E-state index contributed by atoms with van der Waals surface area (Å²) in [4.78, 5) is 23.6. The number of fused-ring (bicyclic) bond motifs is 1. The zero-order valence-electron chi connectivity index (χ0n) is 19.5. The Balaban J connectivity index is 1.36. The highest BCUT2D eigenvalue weighted by atomic mass is 35.5. The minimum absolute atomic E-state index is 0.102. The number of anilines is 2. The number of halogens is 1. The summed E-state index contributed by atoms with van der Waals surface area (Å²) in [6.07, 6.45) is 8.78. The third kappa shape index (κ3) is 5.07. The van der Waals surface area contributed by atoms with Crippen LogP contribution in [0.4, 0.5) is 11.6 Å². The number of carbonyl (C=O) groups is 1. The molecule has 0 spiro atoms. The molecule has 0 aromatic carbocycles. The normalized spacial score (nSPS) is 18.7. The number of nitrogens with zero attached hydrogens (tertiary/aromatic N) is 7. The number of aromatic amines is 1. The van der Waals surface area contributed by atoms with Crippen LogP contribution in [0, 0.1) is 17.2 Å². The van der Waals surface area contributed by atoms with E-state index in [4.69, 9.17) is 16.3 Å². The summed E-state index contributed by atoms with van der Waals surface area (Å²) < 4.78 is 8.19. The molecule has 5 rings (SSSR count). The number of nitrogens with one attached hydrogen (secondary N) is 2. The van der Waals surface area contributed by atoms with Crippen molar-refractivity contribution in [1.82, 2.24) is 34.8 Å². The van der Waals surface area contributed by atoms with Gasteiger partial charge in [0.05, 0.1) is 24.5 Å². The molecular weight excluding hydrogens is 470 g/mol. The summed E-state index contributed by atoms with van der Waals surface area (Å²) in [5, 5.41) is 24.5. The molecule has 1 saturated carbocycles. The van der Waals surface area contributed by atoms with Gasteiger partial charge in [-0.2, -0.15) is 25.4 Å². The van der Waals surface area contributed by atoms with Crippen molar-refractivity contribution in [3.63, 3.8) is 0 Å². The van der Waals surface area contributed by atoms with Gasteiger partial charge in [0.2, 0.25) is 11.8 Å². The van der Waals surface area contributed by atoms with Crippen molar-refractivity contribution in [3.8, 4) is 11.9 Å². The second kappa shape index (κ2) is 9.54. The molecule has 1 amide bonds. The highest BCUT2D eigenvalue weighted by molar-refractivity contribution is 6.34. The highest BCUT2D eigenvalue weighted by Crippen LogP contribution is 2.35. The van der Waals surface area contributed by atoms with Crippen LogP contribution in [0.1, 0.15) is 45.6 Å².